The van der Waals surface area contributed by atoms with Crippen LogP contribution < -0.4 is 0 Å². The van der Waals surface area contributed by atoms with Crippen LogP contribution in [0.25, 0.3) is 10.9 Å². The van der Waals surface area contributed by atoms with Crippen LogP contribution in [-0.2, 0) is 12.8 Å². The molecule has 0 unspecified atom stereocenters. The lowest BCUT2D eigenvalue weighted by molar-refractivity contribution is 0.929. The van der Waals surface area contributed by atoms with Crippen molar-refractivity contribution in [1.29, 1.82) is 0 Å². The molecule has 0 fully saturated rings. The van der Waals surface area contributed by atoms with Crippen molar-refractivity contribution < 1.29 is 0 Å². The Morgan fingerprint density at radius 3 is 2.79 bits per heavy atom. The minimum atomic E-state index is 1.11. The van der Waals surface area contributed by atoms with Gasteiger partial charge in [0.1, 0.15) is 0 Å². The van der Waals surface area contributed by atoms with Crippen LogP contribution in [0.3, 0.4) is 0 Å². The van der Waals surface area contributed by atoms with E-state index in [1.807, 2.05) is 0 Å². The molecule has 1 aromatic heterocycles. The third kappa shape index (κ3) is 1.54. The number of fused-ring (bicyclic) bond motifs is 1. The number of hydrogen-bond acceptors (Lipinski definition) is 0. The van der Waals surface area contributed by atoms with Crippen LogP contribution in [0.4, 0.5) is 0 Å². The maximum Gasteiger partial charge on any atom is 0.0459 e. The Hall–Kier alpha value is -1.24. The highest BCUT2D eigenvalue weighted by atomic mass is 14.7. The zero-order valence-corrected chi connectivity index (χ0v) is 8.93. The van der Waals surface area contributed by atoms with Crippen molar-refractivity contribution >= 4 is 10.9 Å². The van der Waals surface area contributed by atoms with Crippen molar-refractivity contribution in [3.05, 3.63) is 35.5 Å². The predicted molar refractivity (Wildman–Crippen MR) is 61.7 cm³/mol. The largest absolute Gasteiger partial charge is 0.361 e. The minimum Gasteiger partial charge on any atom is -0.361 e. The van der Waals surface area contributed by atoms with Gasteiger partial charge in [-0.2, -0.15) is 0 Å². The zero-order valence-electron chi connectivity index (χ0n) is 8.93. The first-order valence-corrected chi connectivity index (χ1v) is 5.44. The molecular formula is C13H17N. The Balaban J connectivity index is 2.48. The van der Waals surface area contributed by atoms with Crippen molar-refractivity contribution in [3.8, 4) is 0 Å². The number of nitrogens with one attached hydrogen (secondary N) is 1. The molecule has 1 aromatic carbocycles. The summed E-state index contributed by atoms with van der Waals surface area (Å²) in [5.74, 6) is 0. The van der Waals surface area contributed by atoms with Gasteiger partial charge < -0.3 is 4.98 Å². The van der Waals surface area contributed by atoms with Gasteiger partial charge in [-0.15, -0.1) is 0 Å². The average Bonchev–Trinajstić information content (AvgIpc) is 2.61. The van der Waals surface area contributed by atoms with E-state index >= 15 is 0 Å². The normalized spacial score (nSPS) is 11.0. The first kappa shape index (κ1) is 9.32. The van der Waals surface area contributed by atoms with E-state index in [4.69, 9.17) is 0 Å². The van der Waals surface area contributed by atoms with Gasteiger partial charge in [0, 0.05) is 17.1 Å². The summed E-state index contributed by atoms with van der Waals surface area (Å²) in [6.45, 7) is 4.41. The molecule has 2 aromatic rings. The van der Waals surface area contributed by atoms with Crippen molar-refractivity contribution in [2.45, 2.75) is 33.1 Å². The van der Waals surface area contributed by atoms with Crippen LogP contribution in [0.5, 0.6) is 0 Å². The summed E-state index contributed by atoms with van der Waals surface area (Å²) < 4.78 is 0. The quantitative estimate of drug-likeness (QED) is 0.754. The summed E-state index contributed by atoms with van der Waals surface area (Å²) >= 11 is 0. The average molecular weight is 187 g/mol. The third-order valence-corrected chi connectivity index (χ3v) is 2.76. The molecule has 74 valence electrons. The van der Waals surface area contributed by atoms with Gasteiger partial charge in [0.25, 0.3) is 0 Å². The van der Waals surface area contributed by atoms with Crippen LogP contribution >= 0.6 is 0 Å². The summed E-state index contributed by atoms with van der Waals surface area (Å²) in [6, 6.07) is 6.74. The fraction of sp³-hybridized carbons (Fsp3) is 0.385. The summed E-state index contributed by atoms with van der Waals surface area (Å²) in [6.07, 6.45) is 5.64. The minimum absolute atomic E-state index is 1.11. The Kier molecular flexibility index (Phi) is 2.58. The molecule has 0 saturated heterocycles. The van der Waals surface area contributed by atoms with Crippen LogP contribution in [0.2, 0.25) is 0 Å². The molecule has 0 amide bonds. The lowest BCUT2D eigenvalue weighted by Crippen LogP contribution is -1.81. The number of H-pyrrole nitrogens is 1. The SMILES string of the molecule is CCCc1c[nH]c2cc(CC)ccc12. The smallest absolute Gasteiger partial charge is 0.0459 e. The first-order valence-electron chi connectivity index (χ1n) is 5.44. The van der Waals surface area contributed by atoms with E-state index in [0.29, 0.717) is 0 Å². The predicted octanol–water partition coefficient (Wildman–Crippen LogP) is 3.68. The van der Waals surface area contributed by atoms with E-state index in [1.165, 1.54) is 34.9 Å². The summed E-state index contributed by atoms with van der Waals surface area (Å²) in [4.78, 5) is 3.35. The molecule has 2 rings (SSSR count). The topological polar surface area (TPSA) is 15.8 Å². The molecular weight excluding hydrogens is 170 g/mol. The van der Waals surface area contributed by atoms with E-state index in [0.717, 1.165) is 6.42 Å². The van der Waals surface area contributed by atoms with Crippen molar-refractivity contribution in [2.24, 2.45) is 0 Å². The zero-order chi connectivity index (χ0) is 9.97. The Morgan fingerprint density at radius 2 is 2.07 bits per heavy atom. The standard InChI is InChI=1S/C13H17N/c1-3-5-11-9-14-13-8-10(4-2)6-7-12(11)13/h6-9,14H,3-5H2,1-2H3. The molecule has 0 bridgehead atoms. The Bertz CT molecular complexity index is 426. The van der Waals surface area contributed by atoms with Gasteiger partial charge in [-0.1, -0.05) is 32.4 Å². The number of aryl methyl sites for hydroxylation is 2. The fourth-order valence-corrected chi connectivity index (χ4v) is 1.93. The van der Waals surface area contributed by atoms with Gasteiger partial charge in [0.15, 0.2) is 0 Å². The number of rotatable bonds is 3. The highest BCUT2D eigenvalue weighted by Crippen LogP contribution is 2.20. The molecule has 0 spiro atoms. The lowest BCUT2D eigenvalue weighted by Gasteiger charge is -1.98. The molecule has 1 heteroatoms. The Morgan fingerprint density at radius 1 is 1.21 bits per heavy atom. The van der Waals surface area contributed by atoms with Crippen LogP contribution in [0.1, 0.15) is 31.4 Å². The second kappa shape index (κ2) is 3.87. The van der Waals surface area contributed by atoms with E-state index in [9.17, 15) is 0 Å². The van der Waals surface area contributed by atoms with Crippen molar-refractivity contribution in [1.82, 2.24) is 4.98 Å². The van der Waals surface area contributed by atoms with Gasteiger partial charge in [0.2, 0.25) is 0 Å². The molecule has 1 nitrogen and oxygen atoms in total. The van der Waals surface area contributed by atoms with Gasteiger partial charge in [0.05, 0.1) is 0 Å². The summed E-state index contributed by atoms with van der Waals surface area (Å²) in [5.41, 5.74) is 4.14. The highest BCUT2D eigenvalue weighted by molar-refractivity contribution is 5.83. The molecule has 0 aliphatic heterocycles. The fourth-order valence-electron chi connectivity index (χ4n) is 1.93. The second-order valence-corrected chi connectivity index (χ2v) is 3.80. The molecule has 1 heterocycles. The van der Waals surface area contributed by atoms with Crippen molar-refractivity contribution in [3.63, 3.8) is 0 Å². The van der Waals surface area contributed by atoms with E-state index < -0.39 is 0 Å². The monoisotopic (exact) mass is 187 g/mol. The lowest BCUT2D eigenvalue weighted by atomic mass is 10.1. The highest BCUT2D eigenvalue weighted by Gasteiger charge is 2.02. The van der Waals surface area contributed by atoms with Crippen LogP contribution in [-0.4, -0.2) is 4.98 Å². The maximum absolute atomic E-state index is 3.35. The van der Waals surface area contributed by atoms with Gasteiger partial charge in [-0.25, -0.2) is 0 Å². The number of benzene rings is 1. The molecule has 0 radical (unpaired) electrons. The molecule has 0 saturated carbocycles. The summed E-state index contributed by atoms with van der Waals surface area (Å²) in [7, 11) is 0. The molecule has 0 aliphatic rings. The molecule has 14 heavy (non-hydrogen) atoms. The number of hydrogen-bond donors (Lipinski definition) is 1. The first-order chi connectivity index (χ1) is 6.85. The number of aromatic nitrogens is 1. The second-order valence-electron chi connectivity index (χ2n) is 3.80. The third-order valence-electron chi connectivity index (χ3n) is 2.76. The molecule has 1 N–H and O–H groups in total. The molecule has 0 atom stereocenters. The van der Waals surface area contributed by atoms with E-state index in [1.54, 1.807) is 0 Å². The van der Waals surface area contributed by atoms with E-state index in [-0.39, 0.29) is 0 Å². The van der Waals surface area contributed by atoms with Gasteiger partial charge in [-0.3, -0.25) is 0 Å². The van der Waals surface area contributed by atoms with Crippen LogP contribution in [0.15, 0.2) is 24.4 Å². The van der Waals surface area contributed by atoms with E-state index in [2.05, 4.69) is 43.2 Å². The Labute approximate surface area is 85.1 Å². The van der Waals surface area contributed by atoms with Gasteiger partial charge in [-0.05, 0) is 30.0 Å². The maximum atomic E-state index is 3.35. The van der Waals surface area contributed by atoms with Gasteiger partial charge >= 0.3 is 0 Å². The van der Waals surface area contributed by atoms with Crippen LogP contribution in [0, 0.1) is 0 Å². The summed E-state index contributed by atoms with van der Waals surface area (Å²) in [5, 5.41) is 1.39. The number of aromatic amines is 1. The molecule has 0 aliphatic carbocycles. The van der Waals surface area contributed by atoms with Crippen molar-refractivity contribution in [2.75, 3.05) is 0 Å².